The number of carbonyl (C=O) groups is 2. The molecule has 0 aliphatic rings. The number of amides is 2. The molecule has 0 aromatic rings. The SMILES string of the molecule is CCOCCC(=O)NC[C@@](C)(NC(=O)CCOCC)C(C)C. The van der Waals surface area contributed by atoms with Crippen LogP contribution in [0.3, 0.4) is 0 Å². The van der Waals surface area contributed by atoms with E-state index in [-0.39, 0.29) is 17.7 Å². The van der Waals surface area contributed by atoms with Gasteiger partial charge in [-0.25, -0.2) is 0 Å². The zero-order valence-corrected chi connectivity index (χ0v) is 14.7. The fraction of sp³-hybridized carbons (Fsp3) is 0.875. The molecule has 0 bridgehead atoms. The fourth-order valence-corrected chi connectivity index (χ4v) is 1.76. The highest BCUT2D eigenvalue weighted by atomic mass is 16.5. The van der Waals surface area contributed by atoms with E-state index in [4.69, 9.17) is 9.47 Å². The third-order valence-corrected chi connectivity index (χ3v) is 3.71. The molecule has 2 N–H and O–H groups in total. The second-order valence-corrected chi connectivity index (χ2v) is 5.79. The average molecular weight is 316 g/mol. The molecule has 0 saturated carbocycles. The van der Waals surface area contributed by atoms with Gasteiger partial charge in [0, 0.05) is 32.6 Å². The number of ether oxygens (including phenoxy) is 2. The summed E-state index contributed by atoms with van der Waals surface area (Å²) in [5.74, 6) is 0.0628. The molecular weight excluding hydrogens is 284 g/mol. The van der Waals surface area contributed by atoms with E-state index in [1.54, 1.807) is 0 Å². The van der Waals surface area contributed by atoms with Crippen molar-refractivity contribution in [3.05, 3.63) is 0 Å². The quantitative estimate of drug-likeness (QED) is 0.535. The summed E-state index contributed by atoms with van der Waals surface area (Å²) in [6.45, 7) is 12.2. The molecule has 1 atom stereocenters. The van der Waals surface area contributed by atoms with Gasteiger partial charge in [0.2, 0.25) is 11.8 Å². The van der Waals surface area contributed by atoms with Crippen molar-refractivity contribution >= 4 is 11.8 Å². The molecule has 0 spiro atoms. The Morgan fingerprint density at radius 2 is 1.50 bits per heavy atom. The van der Waals surface area contributed by atoms with Crippen LogP contribution >= 0.6 is 0 Å². The first kappa shape index (κ1) is 20.9. The number of hydrogen-bond donors (Lipinski definition) is 2. The summed E-state index contributed by atoms with van der Waals surface area (Å²) in [6, 6.07) is 0. The molecule has 130 valence electrons. The molecule has 0 rings (SSSR count). The van der Waals surface area contributed by atoms with Crippen molar-refractivity contribution in [2.24, 2.45) is 5.92 Å². The Morgan fingerprint density at radius 3 is 1.95 bits per heavy atom. The van der Waals surface area contributed by atoms with E-state index in [9.17, 15) is 9.59 Å². The van der Waals surface area contributed by atoms with Crippen LogP contribution in [0.2, 0.25) is 0 Å². The summed E-state index contributed by atoms with van der Waals surface area (Å²) < 4.78 is 10.3. The summed E-state index contributed by atoms with van der Waals surface area (Å²) in [4.78, 5) is 23.7. The Morgan fingerprint density at radius 1 is 1.00 bits per heavy atom. The Kier molecular flexibility index (Phi) is 10.8. The maximum Gasteiger partial charge on any atom is 0.222 e. The molecule has 0 aliphatic carbocycles. The van der Waals surface area contributed by atoms with Crippen molar-refractivity contribution < 1.29 is 19.1 Å². The minimum Gasteiger partial charge on any atom is -0.381 e. The number of rotatable bonds is 12. The number of nitrogens with one attached hydrogen (secondary N) is 2. The Bertz CT molecular complexity index is 334. The lowest BCUT2D eigenvalue weighted by Crippen LogP contribution is -2.57. The predicted octanol–water partition coefficient (Wildman–Crippen LogP) is 1.49. The second kappa shape index (κ2) is 11.4. The second-order valence-electron chi connectivity index (χ2n) is 5.79. The summed E-state index contributed by atoms with van der Waals surface area (Å²) >= 11 is 0. The van der Waals surface area contributed by atoms with Gasteiger partial charge in [-0.05, 0) is 26.7 Å². The van der Waals surface area contributed by atoms with Crippen LogP contribution in [0.25, 0.3) is 0 Å². The van der Waals surface area contributed by atoms with Gasteiger partial charge in [0.1, 0.15) is 0 Å². The Labute approximate surface area is 134 Å². The maximum absolute atomic E-state index is 12.0. The van der Waals surface area contributed by atoms with Crippen LogP contribution in [-0.4, -0.2) is 50.3 Å². The highest BCUT2D eigenvalue weighted by Gasteiger charge is 2.30. The van der Waals surface area contributed by atoms with Crippen LogP contribution in [0.1, 0.15) is 47.5 Å². The van der Waals surface area contributed by atoms with Crippen molar-refractivity contribution in [1.82, 2.24) is 10.6 Å². The zero-order chi connectivity index (χ0) is 17.0. The molecule has 0 fully saturated rings. The normalized spacial score (nSPS) is 13.7. The van der Waals surface area contributed by atoms with Crippen molar-refractivity contribution in [3.8, 4) is 0 Å². The largest absolute Gasteiger partial charge is 0.381 e. The van der Waals surface area contributed by atoms with E-state index >= 15 is 0 Å². The molecule has 2 amide bonds. The van der Waals surface area contributed by atoms with Crippen LogP contribution < -0.4 is 10.6 Å². The molecule has 6 nitrogen and oxygen atoms in total. The van der Waals surface area contributed by atoms with Crippen LogP contribution in [0, 0.1) is 5.92 Å². The van der Waals surface area contributed by atoms with Gasteiger partial charge in [-0.3, -0.25) is 9.59 Å². The molecule has 0 unspecified atom stereocenters. The third-order valence-electron chi connectivity index (χ3n) is 3.71. The van der Waals surface area contributed by atoms with Gasteiger partial charge in [-0.2, -0.15) is 0 Å². The molecule has 0 aliphatic heterocycles. The summed E-state index contributed by atoms with van der Waals surface area (Å²) in [5.41, 5.74) is -0.482. The van der Waals surface area contributed by atoms with E-state index in [1.807, 2.05) is 34.6 Å². The molecule has 0 aromatic heterocycles. The van der Waals surface area contributed by atoms with E-state index in [0.29, 0.717) is 45.8 Å². The first-order valence-corrected chi connectivity index (χ1v) is 8.08. The minimum atomic E-state index is -0.482. The molecule has 0 heterocycles. The number of carbonyl (C=O) groups excluding carboxylic acids is 2. The summed E-state index contributed by atoms with van der Waals surface area (Å²) in [6.07, 6.45) is 0.661. The van der Waals surface area contributed by atoms with Crippen LogP contribution in [0.15, 0.2) is 0 Å². The van der Waals surface area contributed by atoms with Crippen molar-refractivity contribution in [2.45, 2.75) is 53.0 Å². The molecule has 0 aromatic carbocycles. The van der Waals surface area contributed by atoms with E-state index in [0.717, 1.165) is 0 Å². The highest BCUT2D eigenvalue weighted by Crippen LogP contribution is 2.16. The average Bonchev–Trinajstić information content (AvgIpc) is 2.45. The van der Waals surface area contributed by atoms with E-state index in [1.165, 1.54) is 0 Å². The van der Waals surface area contributed by atoms with Crippen molar-refractivity contribution in [2.75, 3.05) is 33.0 Å². The number of hydrogen-bond acceptors (Lipinski definition) is 4. The van der Waals surface area contributed by atoms with Crippen LogP contribution in [-0.2, 0) is 19.1 Å². The summed E-state index contributed by atoms with van der Waals surface area (Å²) in [7, 11) is 0. The van der Waals surface area contributed by atoms with Gasteiger partial charge < -0.3 is 20.1 Å². The third kappa shape index (κ3) is 9.00. The minimum absolute atomic E-state index is 0.0618. The lowest BCUT2D eigenvalue weighted by Gasteiger charge is -2.35. The monoisotopic (exact) mass is 316 g/mol. The van der Waals surface area contributed by atoms with Crippen molar-refractivity contribution in [3.63, 3.8) is 0 Å². The van der Waals surface area contributed by atoms with E-state index < -0.39 is 5.54 Å². The first-order chi connectivity index (χ1) is 10.4. The van der Waals surface area contributed by atoms with Gasteiger partial charge in [0.25, 0.3) is 0 Å². The highest BCUT2D eigenvalue weighted by molar-refractivity contribution is 5.78. The maximum atomic E-state index is 12.0. The van der Waals surface area contributed by atoms with Gasteiger partial charge in [-0.15, -0.1) is 0 Å². The molecule has 6 heteroatoms. The van der Waals surface area contributed by atoms with Gasteiger partial charge >= 0.3 is 0 Å². The summed E-state index contributed by atoms with van der Waals surface area (Å²) in [5, 5.41) is 5.88. The Hall–Kier alpha value is -1.14. The molecular formula is C16H32N2O4. The smallest absolute Gasteiger partial charge is 0.222 e. The lowest BCUT2D eigenvalue weighted by molar-refractivity contribution is -0.126. The lowest BCUT2D eigenvalue weighted by atomic mass is 9.88. The van der Waals surface area contributed by atoms with Gasteiger partial charge in [-0.1, -0.05) is 13.8 Å². The van der Waals surface area contributed by atoms with Gasteiger partial charge in [0.05, 0.1) is 18.8 Å². The van der Waals surface area contributed by atoms with Crippen LogP contribution in [0.5, 0.6) is 0 Å². The fourth-order valence-electron chi connectivity index (χ4n) is 1.76. The van der Waals surface area contributed by atoms with Crippen LogP contribution in [0.4, 0.5) is 0 Å². The first-order valence-electron chi connectivity index (χ1n) is 8.08. The molecule has 22 heavy (non-hydrogen) atoms. The van der Waals surface area contributed by atoms with Gasteiger partial charge in [0.15, 0.2) is 0 Å². The standard InChI is InChI=1S/C16H32N2O4/c1-6-21-10-8-14(19)17-12-16(5,13(3)4)18-15(20)9-11-22-7-2/h13H,6-12H2,1-5H3,(H,17,19)(H,18,20)/t16-/m1/s1. The molecule has 0 radical (unpaired) electrons. The van der Waals surface area contributed by atoms with Crippen molar-refractivity contribution in [1.29, 1.82) is 0 Å². The predicted molar refractivity (Wildman–Crippen MR) is 86.6 cm³/mol. The van der Waals surface area contributed by atoms with E-state index in [2.05, 4.69) is 10.6 Å². The zero-order valence-electron chi connectivity index (χ0n) is 14.7. The topological polar surface area (TPSA) is 76.7 Å². The molecule has 0 saturated heterocycles. The Balaban J connectivity index is 4.31.